The first kappa shape index (κ1) is 23.9. The highest BCUT2D eigenvalue weighted by atomic mass is 35.5. The third-order valence-corrected chi connectivity index (χ3v) is 5.06. The van der Waals surface area contributed by atoms with Gasteiger partial charge in [-0.2, -0.15) is 5.26 Å². The van der Waals surface area contributed by atoms with Gasteiger partial charge in [0.25, 0.3) is 5.91 Å². The quantitative estimate of drug-likeness (QED) is 0.210. The molecule has 0 radical (unpaired) electrons. The molecule has 1 amide bonds. The summed E-state index contributed by atoms with van der Waals surface area (Å²) in [5.41, 5.74) is 1.50. The number of nitriles is 1. The highest BCUT2D eigenvalue weighted by molar-refractivity contribution is 6.36. The van der Waals surface area contributed by atoms with E-state index in [2.05, 4.69) is 5.32 Å². The van der Waals surface area contributed by atoms with E-state index in [0.717, 1.165) is 5.56 Å². The van der Waals surface area contributed by atoms with Crippen LogP contribution in [0.25, 0.3) is 6.08 Å². The Morgan fingerprint density at radius 2 is 1.79 bits per heavy atom. The van der Waals surface area contributed by atoms with Crippen molar-refractivity contribution < 1.29 is 19.1 Å². The number of carbonyl (C=O) groups excluding carboxylic acids is 2. The molecular formula is C25H18Cl2N2O4. The molecule has 0 fully saturated rings. The van der Waals surface area contributed by atoms with E-state index in [1.54, 1.807) is 12.1 Å². The van der Waals surface area contributed by atoms with E-state index in [0.29, 0.717) is 17.1 Å². The van der Waals surface area contributed by atoms with Crippen molar-refractivity contribution in [2.24, 2.45) is 0 Å². The van der Waals surface area contributed by atoms with E-state index >= 15 is 0 Å². The average Bonchev–Trinajstić information content (AvgIpc) is 2.82. The van der Waals surface area contributed by atoms with Gasteiger partial charge in [0.05, 0.1) is 17.7 Å². The van der Waals surface area contributed by atoms with E-state index in [9.17, 15) is 14.9 Å². The lowest BCUT2D eigenvalue weighted by molar-refractivity contribution is -0.117. The number of methoxy groups -OCH3 is 1. The molecule has 6 nitrogen and oxygen atoms in total. The highest BCUT2D eigenvalue weighted by Crippen LogP contribution is 2.31. The van der Waals surface area contributed by atoms with Gasteiger partial charge in [0.1, 0.15) is 11.6 Å². The number of ether oxygens (including phenoxy) is 2. The van der Waals surface area contributed by atoms with Gasteiger partial charge in [0, 0.05) is 11.6 Å². The van der Waals surface area contributed by atoms with Gasteiger partial charge in [-0.3, -0.25) is 4.79 Å². The molecule has 3 rings (SSSR count). The number of hydrogen-bond acceptors (Lipinski definition) is 5. The smallest absolute Gasteiger partial charge is 0.345 e. The molecule has 0 spiro atoms. The predicted molar refractivity (Wildman–Crippen MR) is 126 cm³/mol. The molecule has 0 atom stereocenters. The second-order valence-electron chi connectivity index (χ2n) is 6.76. The molecule has 3 aromatic carbocycles. The fraction of sp³-hybridized carbons (Fsp3) is 0.0800. The first-order chi connectivity index (χ1) is 15.9. The Morgan fingerprint density at radius 3 is 2.45 bits per heavy atom. The lowest BCUT2D eigenvalue weighted by Crippen LogP contribution is -2.23. The normalized spacial score (nSPS) is 10.8. The minimum atomic E-state index is -0.684. The fourth-order valence-electron chi connectivity index (χ4n) is 2.86. The zero-order valence-corrected chi connectivity index (χ0v) is 19.0. The van der Waals surface area contributed by atoms with E-state index in [1.165, 1.54) is 37.5 Å². The molecule has 1 N–H and O–H groups in total. The maximum absolute atomic E-state index is 12.5. The Bertz CT molecular complexity index is 1250. The molecule has 3 aromatic rings. The first-order valence-corrected chi connectivity index (χ1v) is 10.5. The average molecular weight is 481 g/mol. The van der Waals surface area contributed by atoms with Crippen molar-refractivity contribution in [2.45, 2.75) is 6.54 Å². The number of rotatable bonds is 7. The summed E-state index contributed by atoms with van der Waals surface area (Å²) in [6.07, 6.45) is 1.42. The van der Waals surface area contributed by atoms with E-state index in [-0.39, 0.29) is 27.7 Å². The predicted octanol–water partition coefficient (Wildman–Crippen LogP) is 5.44. The standard InChI is InChI=1S/C25H18Cl2N2O4/c1-32-23-12-17(11-18(14-28)24(30)29-15-16-5-3-2-4-6-16)7-10-22(23)33-25(31)20-9-8-19(26)13-21(20)27/h2-13H,15H2,1H3,(H,29,30). The van der Waals surface area contributed by atoms with Crippen LogP contribution in [0.1, 0.15) is 21.5 Å². The molecule has 0 unspecified atom stereocenters. The second-order valence-corrected chi connectivity index (χ2v) is 7.61. The van der Waals surface area contributed by atoms with Gasteiger partial charge in [-0.15, -0.1) is 0 Å². The molecule has 8 heteroatoms. The van der Waals surface area contributed by atoms with Crippen molar-refractivity contribution in [3.63, 3.8) is 0 Å². The number of nitrogens with one attached hydrogen (secondary N) is 1. The van der Waals surface area contributed by atoms with Crippen LogP contribution in [0, 0.1) is 11.3 Å². The molecule has 0 bridgehead atoms. The second kappa shape index (κ2) is 11.2. The van der Waals surface area contributed by atoms with E-state index in [4.69, 9.17) is 32.7 Å². The van der Waals surface area contributed by atoms with Crippen LogP contribution in [-0.4, -0.2) is 19.0 Å². The fourth-order valence-corrected chi connectivity index (χ4v) is 3.34. The Morgan fingerprint density at radius 1 is 1.03 bits per heavy atom. The van der Waals surface area contributed by atoms with Crippen LogP contribution in [0.15, 0.2) is 72.3 Å². The summed E-state index contributed by atoms with van der Waals surface area (Å²) in [4.78, 5) is 24.9. The molecule has 0 saturated heterocycles. The van der Waals surface area contributed by atoms with Crippen molar-refractivity contribution in [1.82, 2.24) is 5.32 Å². The summed E-state index contributed by atoms with van der Waals surface area (Å²) < 4.78 is 10.7. The number of esters is 1. The maximum Gasteiger partial charge on any atom is 0.345 e. The Hall–Kier alpha value is -3.79. The SMILES string of the molecule is COc1cc(C=C(C#N)C(=O)NCc2ccccc2)ccc1OC(=O)c1ccc(Cl)cc1Cl. The summed E-state index contributed by atoms with van der Waals surface area (Å²) in [7, 11) is 1.41. The van der Waals surface area contributed by atoms with Gasteiger partial charge >= 0.3 is 5.97 Å². The van der Waals surface area contributed by atoms with Crippen molar-refractivity contribution in [3.8, 4) is 17.6 Å². The van der Waals surface area contributed by atoms with Gasteiger partial charge in [-0.25, -0.2) is 4.79 Å². The first-order valence-electron chi connectivity index (χ1n) is 9.70. The van der Waals surface area contributed by atoms with Crippen LogP contribution >= 0.6 is 23.2 Å². The lowest BCUT2D eigenvalue weighted by atomic mass is 10.1. The molecule has 0 aliphatic rings. The third kappa shape index (κ3) is 6.36. The largest absolute Gasteiger partial charge is 0.493 e. The zero-order valence-electron chi connectivity index (χ0n) is 17.5. The van der Waals surface area contributed by atoms with Gasteiger partial charge in [0.2, 0.25) is 0 Å². The van der Waals surface area contributed by atoms with Crippen molar-refractivity contribution in [2.75, 3.05) is 7.11 Å². The number of carbonyl (C=O) groups is 2. The molecule has 0 saturated carbocycles. The zero-order chi connectivity index (χ0) is 23.8. The molecule has 0 aliphatic carbocycles. The Balaban J connectivity index is 1.76. The van der Waals surface area contributed by atoms with Crippen LogP contribution in [0.2, 0.25) is 10.0 Å². The number of amides is 1. The van der Waals surface area contributed by atoms with Crippen molar-refractivity contribution in [1.29, 1.82) is 5.26 Å². The topological polar surface area (TPSA) is 88.4 Å². The third-order valence-electron chi connectivity index (χ3n) is 4.51. The molecule has 0 heterocycles. The van der Waals surface area contributed by atoms with Crippen LogP contribution in [0.4, 0.5) is 0 Å². The Kier molecular flexibility index (Phi) is 8.09. The van der Waals surface area contributed by atoms with Gasteiger partial charge in [-0.1, -0.05) is 59.6 Å². The Labute approximate surface area is 201 Å². The number of hydrogen-bond donors (Lipinski definition) is 1. The maximum atomic E-state index is 12.5. The lowest BCUT2D eigenvalue weighted by Gasteiger charge is -2.11. The van der Waals surface area contributed by atoms with E-state index in [1.807, 2.05) is 36.4 Å². The summed E-state index contributed by atoms with van der Waals surface area (Å²) in [5.74, 6) is -0.800. The number of halogens is 2. The summed E-state index contributed by atoms with van der Waals surface area (Å²) in [6.45, 7) is 0.296. The van der Waals surface area contributed by atoms with Crippen LogP contribution in [-0.2, 0) is 11.3 Å². The monoisotopic (exact) mass is 480 g/mol. The molecule has 0 aromatic heterocycles. The molecule has 0 aliphatic heterocycles. The van der Waals surface area contributed by atoms with Gasteiger partial charge in [-0.05, 0) is 47.5 Å². The minimum Gasteiger partial charge on any atom is -0.493 e. The van der Waals surface area contributed by atoms with Gasteiger partial charge in [0.15, 0.2) is 11.5 Å². The molecule has 166 valence electrons. The number of benzene rings is 3. The van der Waals surface area contributed by atoms with Crippen LogP contribution in [0.5, 0.6) is 11.5 Å². The van der Waals surface area contributed by atoms with Gasteiger partial charge < -0.3 is 14.8 Å². The molecule has 33 heavy (non-hydrogen) atoms. The minimum absolute atomic E-state index is 0.0781. The summed E-state index contributed by atoms with van der Waals surface area (Å²) in [5, 5.41) is 12.7. The summed E-state index contributed by atoms with van der Waals surface area (Å²) in [6, 6.07) is 20.3. The van der Waals surface area contributed by atoms with Crippen LogP contribution in [0.3, 0.4) is 0 Å². The number of nitrogens with zero attached hydrogens (tertiary/aromatic N) is 1. The van der Waals surface area contributed by atoms with Crippen LogP contribution < -0.4 is 14.8 Å². The molecular weight excluding hydrogens is 463 g/mol. The van der Waals surface area contributed by atoms with E-state index < -0.39 is 11.9 Å². The van der Waals surface area contributed by atoms with Crippen molar-refractivity contribution in [3.05, 3.63) is 99.0 Å². The highest BCUT2D eigenvalue weighted by Gasteiger charge is 2.16. The summed E-state index contributed by atoms with van der Waals surface area (Å²) >= 11 is 11.9. The van der Waals surface area contributed by atoms with Crippen molar-refractivity contribution >= 4 is 41.2 Å².